The molecule has 0 radical (unpaired) electrons. The lowest BCUT2D eigenvalue weighted by atomic mass is 10.2. The number of ether oxygens (including phenoxy) is 1. The van der Waals surface area contributed by atoms with Gasteiger partial charge in [-0.25, -0.2) is 0 Å². The zero-order chi connectivity index (χ0) is 11.4. The average molecular weight is 282 g/mol. The molecule has 1 aromatic carbocycles. The Morgan fingerprint density at radius 2 is 2.25 bits per heavy atom. The summed E-state index contributed by atoms with van der Waals surface area (Å²) in [5.74, 6) is 1.70. The molecule has 1 aliphatic carbocycles. The van der Waals surface area contributed by atoms with Crippen LogP contribution in [0.25, 0.3) is 6.08 Å². The summed E-state index contributed by atoms with van der Waals surface area (Å²) in [5.41, 5.74) is 6.55. The van der Waals surface area contributed by atoms with Crippen molar-refractivity contribution < 1.29 is 4.74 Å². The fourth-order valence-corrected chi connectivity index (χ4v) is 1.79. The first kappa shape index (κ1) is 11.7. The van der Waals surface area contributed by atoms with Crippen LogP contribution in [0.2, 0.25) is 0 Å². The molecule has 0 saturated heterocycles. The molecular formula is C13H16BrNO. The molecule has 0 spiro atoms. The van der Waals surface area contributed by atoms with Crippen LogP contribution in [0.4, 0.5) is 0 Å². The molecule has 0 amide bonds. The number of hydrogen-bond donors (Lipinski definition) is 1. The minimum atomic E-state index is 0.564. The van der Waals surface area contributed by atoms with Gasteiger partial charge in [-0.3, -0.25) is 0 Å². The van der Waals surface area contributed by atoms with Crippen LogP contribution in [-0.4, -0.2) is 13.2 Å². The summed E-state index contributed by atoms with van der Waals surface area (Å²) in [5, 5.41) is 0. The van der Waals surface area contributed by atoms with Gasteiger partial charge in [-0.05, 0) is 52.4 Å². The Bertz CT molecular complexity index is 386. The van der Waals surface area contributed by atoms with Crippen molar-refractivity contribution in [2.75, 3.05) is 13.2 Å². The highest BCUT2D eigenvalue weighted by molar-refractivity contribution is 9.10. The van der Waals surface area contributed by atoms with E-state index in [4.69, 9.17) is 10.5 Å². The van der Waals surface area contributed by atoms with E-state index in [0.717, 1.165) is 28.3 Å². The van der Waals surface area contributed by atoms with Crippen molar-refractivity contribution in [1.82, 2.24) is 0 Å². The molecule has 0 unspecified atom stereocenters. The van der Waals surface area contributed by atoms with Gasteiger partial charge in [-0.2, -0.15) is 0 Å². The van der Waals surface area contributed by atoms with Gasteiger partial charge < -0.3 is 10.5 Å². The Balaban J connectivity index is 2.04. The van der Waals surface area contributed by atoms with Gasteiger partial charge >= 0.3 is 0 Å². The van der Waals surface area contributed by atoms with E-state index in [0.29, 0.717) is 6.54 Å². The predicted molar refractivity (Wildman–Crippen MR) is 70.4 cm³/mol. The van der Waals surface area contributed by atoms with Crippen LogP contribution in [-0.2, 0) is 0 Å². The Morgan fingerprint density at radius 3 is 2.94 bits per heavy atom. The van der Waals surface area contributed by atoms with E-state index in [1.807, 2.05) is 30.4 Å². The van der Waals surface area contributed by atoms with E-state index in [1.165, 1.54) is 12.8 Å². The van der Waals surface area contributed by atoms with E-state index >= 15 is 0 Å². The molecule has 1 aromatic rings. The predicted octanol–water partition coefficient (Wildman–Crippen LogP) is 3.21. The molecule has 2 N–H and O–H groups in total. The van der Waals surface area contributed by atoms with E-state index in [1.54, 1.807) is 0 Å². The summed E-state index contributed by atoms with van der Waals surface area (Å²) in [6.07, 6.45) is 6.57. The van der Waals surface area contributed by atoms with Crippen LogP contribution in [0.3, 0.4) is 0 Å². The van der Waals surface area contributed by atoms with Crippen LogP contribution >= 0.6 is 15.9 Å². The van der Waals surface area contributed by atoms with Crippen LogP contribution in [0.5, 0.6) is 5.75 Å². The van der Waals surface area contributed by atoms with E-state index in [9.17, 15) is 0 Å². The molecule has 86 valence electrons. The molecule has 1 fully saturated rings. The van der Waals surface area contributed by atoms with E-state index < -0.39 is 0 Å². The van der Waals surface area contributed by atoms with Gasteiger partial charge in [0.1, 0.15) is 5.75 Å². The molecule has 0 heterocycles. The van der Waals surface area contributed by atoms with Crippen LogP contribution < -0.4 is 10.5 Å². The average Bonchev–Trinajstić information content (AvgIpc) is 3.10. The van der Waals surface area contributed by atoms with Crippen molar-refractivity contribution in [3.8, 4) is 5.75 Å². The van der Waals surface area contributed by atoms with Gasteiger partial charge in [0.25, 0.3) is 0 Å². The fraction of sp³-hybridized carbons (Fsp3) is 0.385. The highest BCUT2D eigenvalue weighted by Crippen LogP contribution is 2.32. The number of halogens is 1. The van der Waals surface area contributed by atoms with Crippen LogP contribution in [0, 0.1) is 5.92 Å². The van der Waals surface area contributed by atoms with Gasteiger partial charge in [0.2, 0.25) is 0 Å². The summed E-state index contributed by atoms with van der Waals surface area (Å²) < 4.78 is 6.78. The molecule has 0 atom stereocenters. The van der Waals surface area contributed by atoms with Crippen LogP contribution in [0.15, 0.2) is 28.7 Å². The third-order valence-electron chi connectivity index (χ3n) is 2.57. The smallest absolute Gasteiger partial charge is 0.134 e. The first-order chi connectivity index (χ1) is 7.79. The normalized spacial score (nSPS) is 15.6. The summed E-state index contributed by atoms with van der Waals surface area (Å²) in [6.45, 7) is 1.40. The highest BCUT2D eigenvalue weighted by atomic mass is 79.9. The summed E-state index contributed by atoms with van der Waals surface area (Å²) in [7, 11) is 0. The van der Waals surface area contributed by atoms with Crippen molar-refractivity contribution in [2.24, 2.45) is 11.7 Å². The summed E-state index contributed by atoms with van der Waals surface area (Å²) >= 11 is 3.50. The van der Waals surface area contributed by atoms with Gasteiger partial charge in [0.05, 0.1) is 11.1 Å². The molecule has 3 heteroatoms. The molecule has 1 saturated carbocycles. The molecule has 0 aromatic heterocycles. The Morgan fingerprint density at radius 1 is 1.44 bits per heavy atom. The monoisotopic (exact) mass is 281 g/mol. The lowest BCUT2D eigenvalue weighted by Gasteiger charge is -2.08. The van der Waals surface area contributed by atoms with E-state index in [2.05, 4.69) is 15.9 Å². The first-order valence-electron chi connectivity index (χ1n) is 5.58. The Kier molecular flexibility index (Phi) is 4.02. The Hall–Kier alpha value is -0.800. The van der Waals surface area contributed by atoms with Crippen molar-refractivity contribution in [3.05, 3.63) is 34.3 Å². The van der Waals surface area contributed by atoms with E-state index in [-0.39, 0.29) is 0 Å². The van der Waals surface area contributed by atoms with Gasteiger partial charge in [-0.1, -0.05) is 18.2 Å². The maximum absolute atomic E-state index is 5.77. The topological polar surface area (TPSA) is 35.2 Å². The fourth-order valence-electron chi connectivity index (χ4n) is 1.43. The molecule has 16 heavy (non-hydrogen) atoms. The molecule has 0 aliphatic heterocycles. The molecular weight excluding hydrogens is 266 g/mol. The van der Waals surface area contributed by atoms with Gasteiger partial charge in [-0.15, -0.1) is 0 Å². The Labute approximate surface area is 105 Å². The second kappa shape index (κ2) is 5.51. The third-order valence-corrected chi connectivity index (χ3v) is 3.23. The largest absolute Gasteiger partial charge is 0.492 e. The second-order valence-electron chi connectivity index (χ2n) is 4.08. The third kappa shape index (κ3) is 3.35. The maximum atomic E-state index is 5.77. The second-order valence-corrected chi connectivity index (χ2v) is 4.94. The highest BCUT2D eigenvalue weighted by Gasteiger charge is 2.22. The first-order valence-corrected chi connectivity index (χ1v) is 6.38. The maximum Gasteiger partial charge on any atom is 0.134 e. The minimum Gasteiger partial charge on any atom is -0.492 e. The number of rotatable bonds is 5. The molecule has 2 nitrogen and oxygen atoms in total. The molecule has 0 bridgehead atoms. The van der Waals surface area contributed by atoms with Crippen molar-refractivity contribution in [3.63, 3.8) is 0 Å². The lowest BCUT2D eigenvalue weighted by molar-refractivity contribution is 0.298. The standard InChI is InChI=1S/C13H16BrNO/c14-12-6-5-10(2-1-7-15)8-13(12)16-9-11-3-4-11/h1-2,5-6,8,11H,3-4,7,9,15H2/b2-1+. The number of hydrogen-bond acceptors (Lipinski definition) is 2. The van der Waals surface area contributed by atoms with Gasteiger partial charge in [0, 0.05) is 6.54 Å². The quantitative estimate of drug-likeness (QED) is 0.900. The number of nitrogens with two attached hydrogens (primary N) is 1. The number of benzene rings is 1. The molecule has 1 aliphatic rings. The van der Waals surface area contributed by atoms with Gasteiger partial charge in [0.15, 0.2) is 0 Å². The van der Waals surface area contributed by atoms with Crippen LogP contribution in [0.1, 0.15) is 18.4 Å². The summed E-state index contributed by atoms with van der Waals surface area (Å²) in [4.78, 5) is 0. The SMILES string of the molecule is NC/C=C/c1ccc(Br)c(OCC2CC2)c1. The van der Waals surface area contributed by atoms with Crippen molar-refractivity contribution in [2.45, 2.75) is 12.8 Å². The zero-order valence-electron chi connectivity index (χ0n) is 9.16. The van der Waals surface area contributed by atoms with Crippen molar-refractivity contribution in [1.29, 1.82) is 0 Å². The zero-order valence-corrected chi connectivity index (χ0v) is 10.7. The lowest BCUT2D eigenvalue weighted by Crippen LogP contribution is -1.99. The molecule has 2 rings (SSSR count). The van der Waals surface area contributed by atoms with Crippen molar-refractivity contribution >= 4 is 22.0 Å². The minimum absolute atomic E-state index is 0.564. The summed E-state index contributed by atoms with van der Waals surface area (Å²) in [6, 6.07) is 6.09.